The van der Waals surface area contributed by atoms with Crippen LogP contribution in [0.25, 0.3) is 16.9 Å². The maximum atomic E-state index is 12.9. The largest absolute Gasteiger partial charge is 0.454 e. The molecule has 0 N–H and O–H groups in total. The minimum absolute atomic E-state index is 0.147. The van der Waals surface area contributed by atoms with Gasteiger partial charge in [0.25, 0.3) is 0 Å². The second kappa shape index (κ2) is 7.65. The van der Waals surface area contributed by atoms with E-state index in [4.69, 9.17) is 19.3 Å². The molecule has 5 rings (SSSR count). The zero-order chi connectivity index (χ0) is 21.4. The van der Waals surface area contributed by atoms with Crippen LogP contribution in [0.15, 0.2) is 72.8 Å². The quantitative estimate of drug-likeness (QED) is 0.436. The molecule has 1 aliphatic heterocycles. The van der Waals surface area contributed by atoms with Gasteiger partial charge in [-0.1, -0.05) is 42.5 Å². The summed E-state index contributed by atoms with van der Waals surface area (Å²) in [5.41, 5.74) is 5.07. The third-order valence-electron chi connectivity index (χ3n) is 5.36. The van der Waals surface area contributed by atoms with Gasteiger partial charge in [0.05, 0.1) is 16.9 Å². The van der Waals surface area contributed by atoms with E-state index in [9.17, 15) is 4.79 Å². The highest BCUT2D eigenvalue weighted by atomic mass is 16.7. The van der Waals surface area contributed by atoms with Crippen molar-refractivity contribution in [1.82, 2.24) is 9.78 Å². The molecule has 6 nitrogen and oxygen atoms in total. The Morgan fingerprint density at radius 1 is 0.935 bits per heavy atom. The summed E-state index contributed by atoms with van der Waals surface area (Å²) in [7, 11) is 0. The van der Waals surface area contributed by atoms with E-state index >= 15 is 0 Å². The van der Waals surface area contributed by atoms with E-state index in [0.717, 1.165) is 28.1 Å². The molecule has 0 bridgehead atoms. The fourth-order valence-electron chi connectivity index (χ4n) is 3.50. The second-order valence-corrected chi connectivity index (χ2v) is 7.32. The van der Waals surface area contributed by atoms with E-state index in [1.807, 2.05) is 62.4 Å². The van der Waals surface area contributed by atoms with Crippen LogP contribution in [0.3, 0.4) is 0 Å². The van der Waals surface area contributed by atoms with Crippen molar-refractivity contribution in [2.24, 2.45) is 0 Å². The predicted octanol–water partition coefficient (Wildman–Crippen LogP) is 5.10. The van der Waals surface area contributed by atoms with E-state index in [1.165, 1.54) is 0 Å². The van der Waals surface area contributed by atoms with Gasteiger partial charge in [-0.15, -0.1) is 0 Å². The average Bonchev–Trinajstić information content (AvgIpc) is 3.43. The van der Waals surface area contributed by atoms with Gasteiger partial charge in [-0.25, -0.2) is 4.79 Å². The first-order valence-electron chi connectivity index (χ1n) is 9.94. The number of fused-ring (bicyclic) bond motifs is 1. The molecule has 0 fully saturated rings. The maximum Gasteiger partial charge on any atom is 0.344 e. The lowest BCUT2D eigenvalue weighted by Crippen LogP contribution is -2.12. The summed E-state index contributed by atoms with van der Waals surface area (Å²) >= 11 is 0. The minimum atomic E-state index is -0.496. The Morgan fingerprint density at radius 2 is 1.74 bits per heavy atom. The number of aromatic nitrogens is 2. The lowest BCUT2D eigenvalue weighted by atomic mass is 10.1. The smallest absolute Gasteiger partial charge is 0.344 e. The van der Waals surface area contributed by atoms with Crippen molar-refractivity contribution in [2.45, 2.75) is 13.8 Å². The van der Waals surface area contributed by atoms with Crippen LogP contribution in [0.1, 0.15) is 21.5 Å². The van der Waals surface area contributed by atoms with Crippen molar-refractivity contribution < 1.29 is 19.0 Å². The van der Waals surface area contributed by atoms with Gasteiger partial charge in [0.15, 0.2) is 11.5 Å². The molecule has 4 aromatic rings. The molecule has 0 radical (unpaired) electrons. The number of benzene rings is 3. The average molecular weight is 412 g/mol. The molecule has 0 saturated carbocycles. The molecule has 0 spiro atoms. The third kappa shape index (κ3) is 3.53. The van der Waals surface area contributed by atoms with Crippen LogP contribution in [-0.2, 0) is 0 Å². The second-order valence-electron chi connectivity index (χ2n) is 7.32. The van der Waals surface area contributed by atoms with Crippen molar-refractivity contribution in [1.29, 1.82) is 0 Å². The highest BCUT2D eigenvalue weighted by molar-refractivity contribution is 5.92. The molecule has 0 amide bonds. The standard InChI is InChI=1S/C25H20N2O4/c1-16-7-6-10-21(17(16)2)27-24(14-20(26-27)18-8-4-3-5-9-18)31-25(28)19-11-12-22-23(13-19)30-15-29-22/h3-14H,15H2,1-2H3. The first-order valence-corrected chi connectivity index (χ1v) is 9.94. The summed E-state index contributed by atoms with van der Waals surface area (Å²) in [6.07, 6.45) is 0. The number of nitrogens with zero attached hydrogens (tertiary/aromatic N) is 2. The van der Waals surface area contributed by atoms with Gasteiger partial charge in [0, 0.05) is 11.6 Å². The molecule has 1 aliphatic rings. The number of hydrogen-bond donors (Lipinski definition) is 0. The number of carbonyl (C=O) groups is 1. The first kappa shape index (κ1) is 18.9. The molecular formula is C25H20N2O4. The van der Waals surface area contributed by atoms with Gasteiger partial charge in [0.2, 0.25) is 12.7 Å². The van der Waals surface area contributed by atoms with Crippen molar-refractivity contribution in [3.63, 3.8) is 0 Å². The summed E-state index contributed by atoms with van der Waals surface area (Å²) in [5.74, 6) is 0.991. The fourth-order valence-corrected chi connectivity index (χ4v) is 3.50. The Balaban J connectivity index is 1.56. The van der Waals surface area contributed by atoms with E-state index in [1.54, 1.807) is 28.9 Å². The number of ether oxygens (including phenoxy) is 3. The lowest BCUT2D eigenvalue weighted by molar-refractivity contribution is 0.0722. The molecule has 0 unspecified atom stereocenters. The number of rotatable bonds is 4. The van der Waals surface area contributed by atoms with E-state index < -0.39 is 5.97 Å². The predicted molar refractivity (Wildman–Crippen MR) is 116 cm³/mol. The van der Waals surface area contributed by atoms with E-state index in [-0.39, 0.29) is 6.79 Å². The summed E-state index contributed by atoms with van der Waals surface area (Å²) < 4.78 is 18.2. The summed E-state index contributed by atoms with van der Waals surface area (Å²) in [6, 6.07) is 22.5. The number of aryl methyl sites for hydroxylation is 1. The minimum Gasteiger partial charge on any atom is -0.454 e. The number of hydrogen-bond acceptors (Lipinski definition) is 5. The van der Waals surface area contributed by atoms with Crippen molar-refractivity contribution in [3.05, 3.63) is 89.5 Å². The third-order valence-corrected chi connectivity index (χ3v) is 5.36. The van der Waals surface area contributed by atoms with Crippen LogP contribution >= 0.6 is 0 Å². The molecule has 1 aromatic heterocycles. The molecular weight excluding hydrogens is 392 g/mol. The number of carbonyl (C=O) groups excluding carboxylic acids is 1. The Hall–Kier alpha value is -4.06. The van der Waals surface area contributed by atoms with Crippen LogP contribution < -0.4 is 14.2 Å². The van der Waals surface area contributed by atoms with Crippen molar-refractivity contribution in [3.8, 4) is 34.3 Å². The zero-order valence-electron chi connectivity index (χ0n) is 17.2. The fraction of sp³-hybridized carbons (Fsp3) is 0.120. The van der Waals surface area contributed by atoms with Crippen molar-refractivity contribution >= 4 is 5.97 Å². The molecule has 2 heterocycles. The van der Waals surface area contributed by atoms with Gasteiger partial charge in [-0.3, -0.25) is 0 Å². The van der Waals surface area contributed by atoms with Crippen LogP contribution in [0.5, 0.6) is 17.4 Å². The molecule has 3 aromatic carbocycles. The topological polar surface area (TPSA) is 62.6 Å². The van der Waals surface area contributed by atoms with Crippen molar-refractivity contribution in [2.75, 3.05) is 6.79 Å². The van der Waals surface area contributed by atoms with E-state index in [0.29, 0.717) is 22.9 Å². The van der Waals surface area contributed by atoms with Gasteiger partial charge < -0.3 is 14.2 Å². The highest BCUT2D eigenvalue weighted by Gasteiger charge is 2.21. The Bertz CT molecular complexity index is 1280. The Morgan fingerprint density at radius 3 is 2.58 bits per heavy atom. The van der Waals surface area contributed by atoms with Gasteiger partial charge >= 0.3 is 5.97 Å². The van der Waals surface area contributed by atoms with E-state index in [2.05, 4.69) is 0 Å². The van der Waals surface area contributed by atoms with Crippen LogP contribution in [0.2, 0.25) is 0 Å². The Labute approximate surface area is 179 Å². The van der Waals surface area contributed by atoms with Crippen LogP contribution in [0.4, 0.5) is 0 Å². The zero-order valence-corrected chi connectivity index (χ0v) is 17.2. The van der Waals surface area contributed by atoms with Crippen LogP contribution in [0, 0.1) is 13.8 Å². The molecule has 154 valence electrons. The lowest BCUT2D eigenvalue weighted by Gasteiger charge is -2.12. The van der Waals surface area contributed by atoms with Crippen LogP contribution in [-0.4, -0.2) is 22.5 Å². The first-order chi connectivity index (χ1) is 15.1. The summed E-state index contributed by atoms with van der Waals surface area (Å²) in [5, 5.41) is 4.75. The normalized spacial score (nSPS) is 12.1. The maximum absolute atomic E-state index is 12.9. The molecule has 0 atom stereocenters. The summed E-state index contributed by atoms with van der Waals surface area (Å²) in [4.78, 5) is 12.9. The SMILES string of the molecule is Cc1cccc(-n2nc(-c3ccccc3)cc2OC(=O)c2ccc3c(c2)OCO3)c1C. The van der Waals surface area contributed by atoms with Gasteiger partial charge in [-0.05, 0) is 49.2 Å². The number of esters is 1. The highest BCUT2D eigenvalue weighted by Crippen LogP contribution is 2.33. The molecule has 6 heteroatoms. The molecule has 0 saturated heterocycles. The Kier molecular flexibility index (Phi) is 4.67. The monoisotopic (exact) mass is 412 g/mol. The summed E-state index contributed by atoms with van der Waals surface area (Å²) in [6.45, 7) is 4.21. The van der Waals surface area contributed by atoms with Gasteiger partial charge in [-0.2, -0.15) is 9.78 Å². The molecule has 31 heavy (non-hydrogen) atoms. The molecule has 0 aliphatic carbocycles. The van der Waals surface area contributed by atoms with Gasteiger partial charge in [0.1, 0.15) is 0 Å².